The molecule has 3 unspecified atom stereocenters. The molecule has 0 aliphatic heterocycles. The molecule has 0 saturated heterocycles. The molecule has 0 aliphatic rings. The second-order valence-corrected chi connectivity index (χ2v) is 4.34. The smallest absolute Gasteiger partial charge is 0.303 e. The van der Waals surface area contributed by atoms with Crippen molar-refractivity contribution in [1.82, 2.24) is 5.32 Å². The lowest BCUT2D eigenvalue weighted by molar-refractivity contribution is -0.137. The maximum atomic E-state index is 11.6. The fourth-order valence-electron chi connectivity index (χ4n) is 1.24. The van der Waals surface area contributed by atoms with E-state index in [0.29, 0.717) is 12.8 Å². The number of amides is 1. The average Bonchev–Trinajstić information content (AvgIpc) is 2.15. The zero-order valence-electron chi connectivity index (χ0n) is 10.2. The summed E-state index contributed by atoms with van der Waals surface area (Å²) in [4.78, 5) is 21.9. The van der Waals surface area contributed by atoms with Crippen molar-refractivity contribution < 1.29 is 14.7 Å². The number of carboxylic acid groups (broad SMARTS) is 1. The van der Waals surface area contributed by atoms with Gasteiger partial charge in [-0.05, 0) is 26.7 Å². The molecule has 94 valence electrons. The topological polar surface area (TPSA) is 92.4 Å². The molecule has 5 heteroatoms. The van der Waals surface area contributed by atoms with Gasteiger partial charge in [-0.3, -0.25) is 9.59 Å². The van der Waals surface area contributed by atoms with Crippen LogP contribution in [-0.4, -0.2) is 29.1 Å². The van der Waals surface area contributed by atoms with Gasteiger partial charge in [-0.15, -0.1) is 0 Å². The summed E-state index contributed by atoms with van der Waals surface area (Å²) in [5.41, 5.74) is 5.61. The predicted octanol–water partition coefficient (Wildman–Crippen LogP) is 0.729. The molecule has 0 fully saturated rings. The predicted molar refractivity (Wildman–Crippen MR) is 61.9 cm³/mol. The summed E-state index contributed by atoms with van der Waals surface area (Å²) in [5, 5.41) is 11.3. The van der Waals surface area contributed by atoms with Crippen molar-refractivity contribution in [3.05, 3.63) is 0 Å². The average molecular weight is 230 g/mol. The summed E-state index contributed by atoms with van der Waals surface area (Å²) in [5.74, 6) is -1.10. The van der Waals surface area contributed by atoms with Crippen LogP contribution >= 0.6 is 0 Å². The van der Waals surface area contributed by atoms with Gasteiger partial charge in [0, 0.05) is 24.4 Å². The van der Waals surface area contributed by atoms with Crippen LogP contribution in [0.1, 0.15) is 40.0 Å². The lowest BCUT2D eigenvalue weighted by Gasteiger charge is -2.19. The van der Waals surface area contributed by atoms with Gasteiger partial charge in [0.15, 0.2) is 0 Å². The highest BCUT2D eigenvalue weighted by molar-refractivity contribution is 5.79. The molecule has 0 radical (unpaired) electrons. The first kappa shape index (κ1) is 14.9. The molecule has 0 aromatic rings. The number of carbonyl (C=O) groups is 2. The van der Waals surface area contributed by atoms with E-state index in [-0.39, 0.29) is 30.3 Å². The molecule has 3 atom stereocenters. The third-order valence-corrected chi connectivity index (χ3v) is 2.62. The Kier molecular flexibility index (Phi) is 6.72. The standard InChI is InChI=1S/C11H22N2O3/c1-7(5-4-6-10(14)15)13-11(16)8(2)9(3)12/h7-9H,4-6,12H2,1-3H3,(H,13,16)(H,14,15). The molecule has 1 amide bonds. The monoisotopic (exact) mass is 230 g/mol. The van der Waals surface area contributed by atoms with Crippen LogP contribution in [0.15, 0.2) is 0 Å². The van der Waals surface area contributed by atoms with Gasteiger partial charge >= 0.3 is 5.97 Å². The van der Waals surface area contributed by atoms with E-state index in [9.17, 15) is 9.59 Å². The Hall–Kier alpha value is -1.10. The molecule has 4 N–H and O–H groups in total. The van der Waals surface area contributed by atoms with Crippen molar-refractivity contribution in [2.45, 2.75) is 52.1 Å². The lowest BCUT2D eigenvalue weighted by atomic mass is 10.0. The van der Waals surface area contributed by atoms with E-state index in [0.717, 1.165) is 0 Å². The Bertz CT molecular complexity index is 241. The number of nitrogens with two attached hydrogens (primary N) is 1. The van der Waals surface area contributed by atoms with Crippen LogP contribution in [0, 0.1) is 5.92 Å². The number of aliphatic carboxylic acids is 1. The second-order valence-electron chi connectivity index (χ2n) is 4.34. The first-order valence-electron chi connectivity index (χ1n) is 5.62. The van der Waals surface area contributed by atoms with Crippen molar-refractivity contribution in [1.29, 1.82) is 0 Å². The minimum Gasteiger partial charge on any atom is -0.481 e. The van der Waals surface area contributed by atoms with Gasteiger partial charge in [0.25, 0.3) is 0 Å². The Labute approximate surface area is 96.4 Å². The van der Waals surface area contributed by atoms with Crippen LogP contribution < -0.4 is 11.1 Å². The lowest BCUT2D eigenvalue weighted by Crippen LogP contribution is -2.42. The summed E-state index contributed by atoms with van der Waals surface area (Å²) < 4.78 is 0. The van der Waals surface area contributed by atoms with Crippen molar-refractivity contribution in [3.8, 4) is 0 Å². The van der Waals surface area contributed by atoms with Crippen LogP contribution in [0.25, 0.3) is 0 Å². The van der Waals surface area contributed by atoms with Gasteiger partial charge < -0.3 is 16.2 Å². The molecule has 0 heterocycles. The zero-order valence-corrected chi connectivity index (χ0v) is 10.2. The maximum Gasteiger partial charge on any atom is 0.303 e. The summed E-state index contributed by atoms with van der Waals surface area (Å²) in [6, 6.07) is -0.181. The number of carbonyl (C=O) groups excluding carboxylic acids is 1. The Balaban J connectivity index is 3.82. The molecule has 5 nitrogen and oxygen atoms in total. The van der Waals surface area contributed by atoms with E-state index in [1.54, 1.807) is 13.8 Å². The molecule has 0 aromatic carbocycles. The first-order valence-corrected chi connectivity index (χ1v) is 5.62. The molecule has 16 heavy (non-hydrogen) atoms. The summed E-state index contributed by atoms with van der Waals surface area (Å²) >= 11 is 0. The first-order chi connectivity index (χ1) is 7.34. The number of rotatable bonds is 7. The Morgan fingerprint density at radius 1 is 1.31 bits per heavy atom. The molecular formula is C11H22N2O3. The number of carboxylic acids is 1. The summed E-state index contributed by atoms with van der Waals surface area (Å²) in [6.45, 7) is 5.44. The van der Waals surface area contributed by atoms with Crippen molar-refractivity contribution in [2.24, 2.45) is 11.7 Å². The molecular weight excluding hydrogens is 208 g/mol. The third-order valence-electron chi connectivity index (χ3n) is 2.62. The van der Waals surface area contributed by atoms with Crippen LogP contribution in [0.4, 0.5) is 0 Å². The highest BCUT2D eigenvalue weighted by Gasteiger charge is 2.18. The molecule has 0 saturated carbocycles. The third kappa shape index (κ3) is 6.40. The van der Waals surface area contributed by atoms with Gasteiger partial charge in [0.05, 0.1) is 0 Å². The van der Waals surface area contributed by atoms with Crippen LogP contribution in [0.5, 0.6) is 0 Å². The summed E-state index contributed by atoms with van der Waals surface area (Å²) in [7, 11) is 0. The number of hydrogen-bond acceptors (Lipinski definition) is 3. The highest BCUT2D eigenvalue weighted by atomic mass is 16.4. The van der Waals surface area contributed by atoms with Gasteiger partial charge in [-0.25, -0.2) is 0 Å². The number of nitrogens with one attached hydrogen (secondary N) is 1. The van der Waals surface area contributed by atoms with Crippen LogP contribution in [0.2, 0.25) is 0 Å². The molecule has 0 rings (SSSR count). The van der Waals surface area contributed by atoms with E-state index < -0.39 is 5.97 Å². The van der Waals surface area contributed by atoms with E-state index in [4.69, 9.17) is 10.8 Å². The largest absolute Gasteiger partial charge is 0.481 e. The SMILES string of the molecule is CC(CCCC(=O)O)NC(=O)C(C)C(C)N. The molecule has 0 aromatic heterocycles. The van der Waals surface area contributed by atoms with Gasteiger partial charge in [-0.1, -0.05) is 6.92 Å². The van der Waals surface area contributed by atoms with Crippen molar-refractivity contribution in [2.75, 3.05) is 0 Å². The van der Waals surface area contributed by atoms with Gasteiger partial charge in [0.2, 0.25) is 5.91 Å². The Morgan fingerprint density at radius 3 is 2.31 bits per heavy atom. The maximum absolute atomic E-state index is 11.6. The normalized spacial score (nSPS) is 16.2. The fourth-order valence-corrected chi connectivity index (χ4v) is 1.24. The van der Waals surface area contributed by atoms with E-state index in [1.807, 2.05) is 6.92 Å². The highest BCUT2D eigenvalue weighted by Crippen LogP contribution is 2.04. The minimum atomic E-state index is -0.803. The summed E-state index contributed by atoms with van der Waals surface area (Å²) in [6.07, 6.45) is 1.39. The van der Waals surface area contributed by atoms with Crippen molar-refractivity contribution in [3.63, 3.8) is 0 Å². The fraction of sp³-hybridized carbons (Fsp3) is 0.818. The number of hydrogen-bond donors (Lipinski definition) is 3. The van der Waals surface area contributed by atoms with Crippen molar-refractivity contribution >= 4 is 11.9 Å². The molecule has 0 bridgehead atoms. The van der Waals surface area contributed by atoms with E-state index in [1.165, 1.54) is 0 Å². The van der Waals surface area contributed by atoms with Crippen LogP contribution in [0.3, 0.4) is 0 Å². The van der Waals surface area contributed by atoms with Crippen LogP contribution in [-0.2, 0) is 9.59 Å². The Morgan fingerprint density at radius 2 is 1.88 bits per heavy atom. The quantitative estimate of drug-likeness (QED) is 0.601. The zero-order chi connectivity index (χ0) is 12.7. The van der Waals surface area contributed by atoms with Gasteiger partial charge in [0.1, 0.15) is 0 Å². The van der Waals surface area contributed by atoms with E-state index in [2.05, 4.69) is 5.32 Å². The van der Waals surface area contributed by atoms with Gasteiger partial charge in [-0.2, -0.15) is 0 Å². The minimum absolute atomic E-state index is 0.00644. The molecule has 0 aliphatic carbocycles. The molecule has 0 spiro atoms. The van der Waals surface area contributed by atoms with E-state index >= 15 is 0 Å². The second kappa shape index (κ2) is 7.22.